The van der Waals surface area contributed by atoms with Crippen LogP contribution in [0.3, 0.4) is 0 Å². The molecule has 2 aromatic heterocycles. The fourth-order valence-corrected chi connectivity index (χ4v) is 6.07. The van der Waals surface area contributed by atoms with Crippen LogP contribution in [0.5, 0.6) is 5.75 Å². The number of thiocarbonyl (C=S) groups is 1. The van der Waals surface area contributed by atoms with Gasteiger partial charge in [-0.15, -0.1) is 0 Å². The molecule has 6 nitrogen and oxygen atoms in total. The highest BCUT2D eigenvalue weighted by molar-refractivity contribution is 9.10. The van der Waals surface area contributed by atoms with E-state index >= 15 is 0 Å². The molecule has 1 aliphatic rings. The van der Waals surface area contributed by atoms with Crippen LogP contribution in [-0.2, 0) is 4.74 Å². The van der Waals surface area contributed by atoms with Gasteiger partial charge >= 0.3 is 0 Å². The molecular weight excluding hydrogens is 584 g/mol. The lowest BCUT2D eigenvalue weighted by Crippen LogP contribution is -2.29. The van der Waals surface area contributed by atoms with Crippen molar-refractivity contribution in [1.29, 1.82) is 0 Å². The topological polar surface area (TPSA) is 51.6 Å². The van der Waals surface area contributed by atoms with Crippen molar-refractivity contribution in [2.24, 2.45) is 0 Å². The third-order valence-corrected chi connectivity index (χ3v) is 8.00. The summed E-state index contributed by atoms with van der Waals surface area (Å²) in [5, 5.41) is 4.66. The van der Waals surface area contributed by atoms with Crippen molar-refractivity contribution in [1.82, 2.24) is 14.9 Å². The van der Waals surface area contributed by atoms with E-state index < -0.39 is 0 Å². The number of hydrogen-bond acceptors (Lipinski definition) is 4. The normalized spacial score (nSPS) is 17.1. The molecule has 2 atom stereocenters. The minimum absolute atomic E-state index is 0.156. The number of methoxy groups -OCH3 is 1. The number of aromatic nitrogens is 2. The number of para-hydroxylation sites is 1. The summed E-state index contributed by atoms with van der Waals surface area (Å²) in [5.74, 6) is 0.607. The van der Waals surface area contributed by atoms with Gasteiger partial charge in [0.15, 0.2) is 5.11 Å². The average Bonchev–Trinajstić information content (AvgIpc) is 3.41. The van der Waals surface area contributed by atoms with Gasteiger partial charge < -0.3 is 24.3 Å². The van der Waals surface area contributed by atoms with Gasteiger partial charge in [-0.3, -0.25) is 4.98 Å². The highest BCUT2D eigenvalue weighted by Crippen LogP contribution is 2.45. The van der Waals surface area contributed by atoms with Gasteiger partial charge in [-0.05, 0) is 96.1 Å². The Hall–Kier alpha value is -2.91. The highest BCUT2D eigenvalue weighted by Gasteiger charge is 2.42. The molecule has 0 bridgehead atoms. The van der Waals surface area contributed by atoms with Crippen LogP contribution in [0.15, 0.2) is 77.4 Å². The van der Waals surface area contributed by atoms with Crippen molar-refractivity contribution in [3.05, 3.63) is 105 Å². The van der Waals surface area contributed by atoms with E-state index in [1.54, 1.807) is 7.11 Å². The Kier molecular flexibility index (Phi) is 8.04. The van der Waals surface area contributed by atoms with Gasteiger partial charge in [0.1, 0.15) is 12.4 Å². The Bertz CT molecular complexity index is 1460. The number of pyridine rings is 1. The molecule has 9 heteroatoms. The zero-order valence-corrected chi connectivity index (χ0v) is 24.5. The van der Waals surface area contributed by atoms with Crippen LogP contribution in [-0.4, -0.2) is 35.0 Å². The van der Waals surface area contributed by atoms with Gasteiger partial charge in [-0.1, -0.05) is 29.8 Å². The predicted molar refractivity (Wildman–Crippen MR) is 160 cm³/mol. The quantitative estimate of drug-likeness (QED) is 0.169. The first-order chi connectivity index (χ1) is 18.4. The van der Waals surface area contributed by atoms with Crippen LogP contribution in [0.2, 0.25) is 5.02 Å². The molecule has 1 fully saturated rings. The Morgan fingerprint density at radius 2 is 1.84 bits per heavy atom. The summed E-state index contributed by atoms with van der Waals surface area (Å²) in [5.41, 5.74) is 6.28. The Morgan fingerprint density at radius 1 is 1.05 bits per heavy atom. The zero-order chi connectivity index (χ0) is 26.8. The minimum atomic E-state index is -0.159. The second kappa shape index (κ2) is 11.5. The lowest BCUT2D eigenvalue weighted by molar-refractivity contribution is 0.146. The number of benzene rings is 2. The van der Waals surface area contributed by atoms with Crippen molar-refractivity contribution in [3.63, 3.8) is 0 Å². The van der Waals surface area contributed by atoms with Crippen LogP contribution in [0.1, 0.15) is 34.7 Å². The average molecular weight is 612 g/mol. The Balaban J connectivity index is 1.61. The largest absolute Gasteiger partial charge is 0.490 e. The summed E-state index contributed by atoms with van der Waals surface area (Å²) in [4.78, 5) is 6.81. The van der Waals surface area contributed by atoms with E-state index in [9.17, 15) is 0 Å². The van der Waals surface area contributed by atoms with E-state index in [1.165, 1.54) is 0 Å². The third-order valence-electron chi connectivity index (χ3n) is 6.72. The van der Waals surface area contributed by atoms with E-state index in [2.05, 4.69) is 67.7 Å². The predicted octanol–water partition coefficient (Wildman–Crippen LogP) is 7.11. The summed E-state index contributed by atoms with van der Waals surface area (Å²) < 4.78 is 14.2. The van der Waals surface area contributed by atoms with Gasteiger partial charge in [0, 0.05) is 34.9 Å². The van der Waals surface area contributed by atoms with Crippen molar-refractivity contribution in [2.75, 3.05) is 25.2 Å². The molecule has 0 radical (unpaired) electrons. The number of aryl methyl sites for hydroxylation is 1. The molecule has 0 aliphatic carbocycles. The summed E-state index contributed by atoms with van der Waals surface area (Å²) in [6.45, 7) is 5.18. The second-order valence-corrected chi connectivity index (χ2v) is 10.7. The number of nitrogens with one attached hydrogen (secondary N) is 1. The molecule has 0 amide bonds. The number of anilines is 1. The first-order valence-electron chi connectivity index (χ1n) is 12.3. The van der Waals surface area contributed by atoms with E-state index in [4.69, 9.17) is 33.3 Å². The number of hydrogen-bond donors (Lipinski definition) is 1. The SMILES string of the molecule is COCCOc1ccc(N2C(=S)NC(c3ccccn3)C2c2cc(C)n(-c3ccccc3Br)c2C)cc1Cl. The molecule has 1 N–H and O–H groups in total. The van der Waals surface area contributed by atoms with Crippen LogP contribution in [0, 0.1) is 13.8 Å². The van der Waals surface area contributed by atoms with Crippen LogP contribution in [0.25, 0.3) is 5.69 Å². The lowest BCUT2D eigenvalue weighted by atomic mass is 9.96. The fraction of sp³-hybridized carbons (Fsp3) is 0.241. The zero-order valence-electron chi connectivity index (χ0n) is 21.3. The second-order valence-electron chi connectivity index (χ2n) is 9.07. The van der Waals surface area contributed by atoms with E-state index in [0.29, 0.717) is 29.1 Å². The first-order valence-corrected chi connectivity index (χ1v) is 13.8. The number of rotatable bonds is 8. The maximum Gasteiger partial charge on any atom is 0.174 e. The number of ether oxygens (including phenoxy) is 2. The first kappa shape index (κ1) is 26.7. The Labute approximate surface area is 241 Å². The van der Waals surface area contributed by atoms with Crippen LogP contribution in [0.4, 0.5) is 5.69 Å². The fourth-order valence-electron chi connectivity index (χ4n) is 5.03. The molecule has 5 rings (SSSR count). The molecule has 4 aromatic rings. The molecule has 196 valence electrons. The molecule has 0 saturated carbocycles. The van der Waals surface area contributed by atoms with Crippen molar-refractivity contribution in [3.8, 4) is 11.4 Å². The van der Waals surface area contributed by atoms with E-state index in [0.717, 1.165) is 38.5 Å². The summed E-state index contributed by atoms with van der Waals surface area (Å²) in [6, 6.07) is 21.9. The van der Waals surface area contributed by atoms with Gasteiger partial charge in [0.2, 0.25) is 0 Å². The molecule has 38 heavy (non-hydrogen) atoms. The number of nitrogens with zero attached hydrogens (tertiary/aromatic N) is 3. The molecule has 2 aromatic carbocycles. The molecule has 1 aliphatic heterocycles. The molecule has 0 spiro atoms. The maximum atomic E-state index is 6.66. The van der Waals surface area contributed by atoms with Crippen LogP contribution < -0.4 is 15.0 Å². The summed E-state index contributed by atoms with van der Waals surface area (Å²) in [7, 11) is 1.64. The standard InChI is InChI=1S/C29H28BrClN4O2S/c1-18-16-21(19(2)34(18)25-10-5-4-8-22(25)30)28-27(24-9-6-7-13-32-24)33-29(38)35(28)20-11-12-26(23(31)17-20)37-15-14-36-3/h4-13,16-17,27-28H,14-15H2,1-3H3,(H,33,38). The van der Waals surface area contributed by atoms with E-state index in [1.807, 2.05) is 54.7 Å². The van der Waals surface area contributed by atoms with Gasteiger partial charge in [0.05, 0.1) is 35.1 Å². The monoisotopic (exact) mass is 610 g/mol. The lowest BCUT2D eigenvalue weighted by Gasteiger charge is -2.28. The minimum Gasteiger partial charge on any atom is -0.490 e. The third kappa shape index (κ3) is 5.06. The molecular formula is C29H28BrClN4O2S. The van der Waals surface area contributed by atoms with Gasteiger partial charge in [-0.2, -0.15) is 0 Å². The Morgan fingerprint density at radius 3 is 2.55 bits per heavy atom. The van der Waals surface area contributed by atoms with E-state index in [-0.39, 0.29) is 12.1 Å². The van der Waals surface area contributed by atoms with Gasteiger partial charge in [0.25, 0.3) is 0 Å². The maximum absolute atomic E-state index is 6.66. The van der Waals surface area contributed by atoms with Gasteiger partial charge in [-0.25, -0.2) is 0 Å². The smallest absolute Gasteiger partial charge is 0.174 e. The van der Waals surface area contributed by atoms with Crippen molar-refractivity contribution < 1.29 is 9.47 Å². The van der Waals surface area contributed by atoms with Crippen molar-refractivity contribution >= 4 is 50.5 Å². The van der Waals surface area contributed by atoms with Crippen molar-refractivity contribution in [2.45, 2.75) is 25.9 Å². The number of halogens is 2. The summed E-state index contributed by atoms with van der Waals surface area (Å²) >= 11 is 16.3. The molecule has 2 unspecified atom stereocenters. The van der Waals surface area contributed by atoms with Crippen LogP contribution >= 0.6 is 39.7 Å². The highest BCUT2D eigenvalue weighted by atomic mass is 79.9. The molecule has 1 saturated heterocycles. The summed E-state index contributed by atoms with van der Waals surface area (Å²) in [6.07, 6.45) is 1.81. The molecule has 3 heterocycles.